The maximum Gasteiger partial charge on any atom is 0.275 e. The smallest absolute Gasteiger partial charge is 0.275 e. The Hall–Kier alpha value is -3.69. The second-order valence-corrected chi connectivity index (χ2v) is 7.91. The minimum atomic E-state index is -1.51. The van der Waals surface area contributed by atoms with Gasteiger partial charge in [-0.1, -0.05) is 0 Å². The molecule has 3 aromatic heterocycles. The van der Waals surface area contributed by atoms with Gasteiger partial charge in [0.05, 0.1) is 17.4 Å². The molecule has 1 aliphatic heterocycles. The zero-order valence-corrected chi connectivity index (χ0v) is 17.6. The summed E-state index contributed by atoms with van der Waals surface area (Å²) in [6.45, 7) is 2.21. The third-order valence-corrected chi connectivity index (χ3v) is 5.90. The number of carbonyl (C=O) groups is 1. The normalized spacial score (nSPS) is 15.9. The number of fused-ring (bicyclic) bond motifs is 2. The van der Waals surface area contributed by atoms with E-state index in [-0.39, 0.29) is 17.2 Å². The van der Waals surface area contributed by atoms with Crippen LogP contribution in [0.2, 0.25) is 0 Å². The van der Waals surface area contributed by atoms with Crippen LogP contribution in [0.25, 0.3) is 22.2 Å². The Balaban J connectivity index is 1.54. The Labute approximate surface area is 181 Å². The highest BCUT2D eigenvalue weighted by Gasteiger charge is 2.35. The molecule has 1 amide bonds. The minimum Gasteiger partial charge on any atom is -0.328 e. The largest absolute Gasteiger partial charge is 0.328 e. The molecule has 10 heteroatoms. The summed E-state index contributed by atoms with van der Waals surface area (Å²) in [5.74, 6) is -4.29. The van der Waals surface area contributed by atoms with Crippen LogP contribution in [0.15, 0.2) is 30.6 Å². The fourth-order valence-corrected chi connectivity index (χ4v) is 4.43. The quantitative estimate of drug-likeness (QED) is 0.447. The van der Waals surface area contributed by atoms with E-state index in [0.717, 1.165) is 23.1 Å². The Bertz CT molecular complexity index is 1370. The highest BCUT2D eigenvalue weighted by molar-refractivity contribution is 6.03. The maximum atomic E-state index is 13.8. The van der Waals surface area contributed by atoms with E-state index in [9.17, 15) is 18.0 Å². The monoisotopic (exact) mass is 440 g/mol. The fourth-order valence-electron chi connectivity index (χ4n) is 4.43. The molecule has 1 atom stereocenters. The highest BCUT2D eigenvalue weighted by Crippen LogP contribution is 2.37. The lowest BCUT2D eigenvalue weighted by Crippen LogP contribution is -2.39. The number of pyridine rings is 1. The Morgan fingerprint density at radius 2 is 1.84 bits per heavy atom. The van der Waals surface area contributed by atoms with Gasteiger partial charge in [0.2, 0.25) is 0 Å². The topological polar surface area (TPSA) is 68.8 Å². The second-order valence-electron chi connectivity index (χ2n) is 7.91. The van der Waals surface area contributed by atoms with Gasteiger partial charge >= 0.3 is 0 Å². The fraction of sp³-hybridized carbons (Fsp3) is 0.273. The van der Waals surface area contributed by atoms with Gasteiger partial charge < -0.3 is 4.90 Å². The lowest BCUT2D eigenvalue weighted by Gasteiger charge is -2.32. The molecule has 4 heterocycles. The van der Waals surface area contributed by atoms with Gasteiger partial charge in [-0.15, -0.1) is 0 Å². The van der Waals surface area contributed by atoms with Crippen molar-refractivity contribution in [3.05, 3.63) is 65.0 Å². The van der Waals surface area contributed by atoms with Crippen molar-refractivity contribution in [2.75, 3.05) is 6.54 Å². The van der Waals surface area contributed by atoms with Crippen LogP contribution in [-0.4, -0.2) is 41.9 Å². The molecular formula is C22H19F3N6O. The van der Waals surface area contributed by atoms with Crippen LogP contribution in [-0.2, 0) is 20.5 Å². The zero-order valence-electron chi connectivity index (χ0n) is 17.6. The SMILES string of the molecule is C[C@H]1c2nn(C)c(-c3cc(F)c(F)c(F)c3)c2CCN1C(=O)c1nccc2cn(C)nc12. The summed E-state index contributed by atoms with van der Waals surface area (Å²) in [6, 6.07) is 3.32. The van der Waals surface area contributed by atoms with E-state index < -0.39 is 23.5 Å². The highest BCUT2D eigenvalue weighted by atomic mass is 19.2. The molecule has 0 radical (unpaired) electrons. The summed E-state index contributed by atoms with van der Waals surface area (Å²) in [5, 5.41) is 9.71. The van der Waals surface area contributed by atoms with Crippen molar-refractivity contribution in [1.82, 2.24) is 29.4 Å². The zero-order chi connectivity index (χ0) is 22.7. The average molecular weight is 440 g/mol. The van der Waals surface area contributed by atoms with Gasteiger partial charge in [-0.3, -0.25) is 14.2 Å². The third kappa shape index (κ3) is 2.97. The van der Waals surface area contributed by atoms with E-state index >= 15 is 0 Å². The lowest BCUT2D eigenvalue weighted by atomic mass is 9.95. The number of aryl methyl sites for hydroxylation is 2. The van der Waals surface area contributed by atoms with Crippen molar-refractivity contribution in [3.8, 4) is 11.3 Å². The molecule has 0 N–H and O–H groups in total. The molecule has 0 fully saturated rings. The average Bonchev–Trinajstić information content (AvgIpc) is 3.30. The summed E-state index contributed by atoms with van der Waals surface area (Å²) in [4.78, 5) is 19.3. The molecule has 0 saturated heterocycles. The second kappa shape index (κ2) is 7.18. The summed E-state index contributed by atoms with van der Waals surface area (Å²) >= 11 is 0. The molecule has 164 valence electrons. The first-order chi connectivity index (χ1) is 15.3. The molecule has 0 unspecified atom stereocenters. The van der Waals surface area contributed by atoms with E-state index in [1.165, 1.54) is 4.68 Å². The van der Waals surface area contributed by atoms with E-state index in [1.807, 2.05) is 13.1 Å². The van der Waals surface area contributed by atoms with E-state index in [4.69, 9.17) is 0 Å². The van der Waals surface area contributed by atoms with Gasteiger partial charge in [0.15, 0.2) is 23.1 Å². The van der Waals surface area contributed by atoms with Crippen molar-refractivity contribution >= 4 is 16.8 Å². The number of hydrogen-bond acceptors (Lipinski definition) is 4. The molecule has 0 bridgehead atoms. The van der Waals surface area contributed by atoms with Crippen molar-refractivity contribution in [3.63, 3.8) is 0 Å². The Kier molecular flexibility index (Phi) is 4.54. The van der Waals surface area contributed by atoms with E-state index in [2.05, 4.69) is 15.2 Å². The Morgan fingerprint density at radius 3 is 2.56 bits per heavy atom. The van der Waals surface area contributed by atoms with Crippen LogP contribution in [0.1, 0.15) is 34.7 Å². The van der Waals surface area contributed by atoms with Crippen LogP contribution in [0.5, 0.6) is 0 Å². The molecule has 7 nitrogen and oxygen atoms in total. The number of carbonyl (C=O) groups excluding carboxylic acids is 1. The number of halogens is 3. The first kappa shape index (κ1) is 20.2. The third-order valence-electron chi connectivity index (χ3n) is 5.90. The van der Waals surface area contributed by atoms with Gasteiger partial charge in [-0.25, -0.2) is 18.2 Å². The van der Waals surface area contributed by atoms with E-state index in [0.29, 0.717) is 29.9 Å². The summed E-state index contributed by atoms with van der Waals surface area (Å²) in [7, 11) is 3.43. The number of rotatable bonds is 2. The lowest BCUT2D eigenvalue weighted by molar-refractivity contribution is 0.0669. The van der Waals surface area contributed by atoms with Crippen molar-refractivity contribution in [2.24, 2.45) is 14.1 Å². The predicted molar refractivity (Wildman–Crippen MR) is 110 cm³/mol. The number of benzene rings is 1. The van der Waals surface area contributed by atoms with Gasteiger partial charge in [0, 0.05) is 49.5 Å². The number of hydrogen-bond donors (Lipinski definition) is 0. The molecule has 1 aromatic carbocycles. The maximum absolute atomic E-state index is 13.8. The van der Waals surface area contributed by atoms with Gasteiger partial charge in [-0.05, 0) is 31.5 Å². The van der Waals surface area contributed by atoms with Crippen molar-refractivity contribution in [1.29, 1.82) is 0 Å². The molecule has 0 spiro atoms. The van der Waals surface area contributed by atoms with Crippen molar-refractivity contribution < 1.29 is 18.0 Å². The summed E-state index contributed by atoms with van der Waals surface area (Å²) in [5.41, 5.74) is 2.89. The van der Waals surface area contributed by atoms with Gasteiger partial charge in [0.1, 0.15) is 5.52 Å². The van der Waals surface area contributed by atoms with Crippen molar-refractivity contribution in [2.45, 2.75) is 19.4 Å². The van der Waals surface area contributed by atoms with Gasteiger partial charge in [-0.2, -0.15) is 10.2 Å². The molecule has 0 aliphatic carbocycles. The molecule has 1 aliphatic rings. The minimum absolute atomic E-state index is 0.199. The van der Waals surface area contributed by atoms with Crippen LogP contribution >= 0.6 is 0 Å². The number of amides is 1. The van der Waals surface area contributed by atoms with Gasteiger partial charge in [0.25, 0.3) is 5.91 Å². The molecule has 32 heavy (non-hydrogen) atoms. The standard InChI is InChI=1S/C22H19F3N6O/c1-11-18-14(21(30(3)28-18)13-8-15(23)17(25)16(24)9-13)5-7-31(11)22(32)20-19-12(4-6-26-20)10-29(2)27-19/h4,6,8-11H,5,7H2,1-3H3/t11-/m0/s1. The first-order valence-electron chi connectivity index (χ1n) is 10.1. The predicted octanol–water partition coefficient (Wildman–Crippen LogP) is 3.55. The van der Waals surface area contributed by atoms with Crippen LogP contribution in [0.3, 0.4) is 0 Å². The summed E-state index contributed by atoms with van der Waals surface area (Å²) in [6.07, 6.45) is 3.82. The first-order valence-corrected chi connectivity index (χ1v) is 10.1. The van der Waals surface area contributed by atoms with Crippen LogP contribution in [0.4, 0.5) is 13.2 Å². The van der Waals surface area contributed by atoms with Crippen LogP contribution in [0, 0.1) is 17.5 Å². The van der Waals surface area contributed by atoms with Crippen LogP contribution < -0.4 is 0 Å². The molecular weight excluding hydrogens is 421 g/mol. The van der Waals surface area contributed by atoms with E-state index in [1.54, 1.807) is 35.9 Å². The Morgan fingerprint density at radius 1 is 1.12 bits per heavy atom. The molecule has 0 saturated carbocycles. The molecule has 4 aromatic rings. The number of nitrogens with zero attached hydrogens (tertiary/aromatic N) is 6. The number of aromatic nitrogens is 5. The summed E-state index contributed by atoms with van der Waals surface area (Å²) < 4.78 is 44.3. The molecule has 5 rings (SSSR count).